The van der Waals surface area contributed by atoms with Crippen molar-refractivity contribution in [2.45, 2.75) is 0 Å². The smallest absolute Gasteiger partial charge is 0.337 e. The van der Waals surface area contributed by atoms with E-state index in [4.69, 9.17) is 5.11 Å². The number of para-hydroxylation sites is 1. The number of nitrogens with zero attached hydrogens (tertiary/aromatic N) is 1. The molecule has 0 bridgehead atoms. The number of rotatable bonds is 3. The average Bonchev–Trinajstić information content (AvgIpc) is 2.40. The molecular weight excluding hydrogens is 392 g/mol. The maximum absolute atomic E-state index is 12.1. The fourth-order valence-corrected chi connectivity index (χ4v) is 2.35. The summed E-state index contributed by atoms with van der Waals surface area (Å²) in [6.07, 6.45) is 0. The van der Waals surface area contributed by atoms with Gasteiger partial charge in [0, 0.05) is 4.47 Å². The molecule has 0 saturated heterocycles. The van der Waals surface area contributed by atoms with Crippen LogP contribution in [0.3, 0.4) is 0 Å². The fourth-order valence-electron chi connectivity index (χ4n) is 1.54. The quantitative estimate of drug-likeness (QED) is 0.773. The second-order valence-corrected chi connectivity index (χ2v) is 5.43. The lowest BCUT2D eigenvalue weighted by Gasteiger charge is -2.10. The Kier molecular flexibility index (Phi) is 4.51. The number of pyridine rings is 1. The number of anilines is 1. The van der Waals surface area contributed by atoms with Gasteiger partial charge in [0.25, 0.3) is 5.91 Å². The van der Waals surface area contributed by atoms with Gasteiger partial charge in [-0.1, -0.05) is 12.1 Å². The van der Waals surface area contributed by atoms with Crippen LogP contribution < -0.4 is 5.32 Å². The number of carboxylic acids is 1. The summed E-state index contributed by atoms with van der Waals surface area (Å²) in [5.41, 5.74) is 0.390. The van der Waals surface area contributed by atoms with Gasteiger partial charge in [0.2, 0.25) is 0 Å². The van der Waals surface area contributed by atoms with Crippen molar-refractivity contribution in [3.8, 4) is 0 Å². The molecule has 1 aromatic heterocycles. The van der Waals surface area contributed by atoms with E-state index in [9.17, 15) is 9.59 Å². The van der Waals surface area contributed by atoms with Crippen LogP contribution in [0.25, 0.3) is 0 Å². The van der Waals surface area contributed by atoms with Crippen molar-refractivity contribution in [2.24, 2.45) is 0 Å². The van der Waals surface area contributed by atoms with E-state index in [1.54, 1.807) is 24.3 Å². The van der Waals surface area contributed by atoms with Crippen molar-refractivity contribution < 1.29 is 14.7 Å². The van der Waals surface area contributed by atoms with Crippen LogP contribution in [0.4, 0.5) is 5.69 Å². The normalized spacial score (nSPS) is 10.1. The topological polar surface area (TPSA) is 79.3 Å². The van der Waals surface area contributed by atoms with Crippen LogP contribution in [0, 0.1) is 0 Å². The summed E-state index contributed by atoms with van der Waals surface area (Å²) in [6, 6.07) is 9.55. The highest BCUT2D eigenvalue weighted by Crippen LogP contribution is 2.27. The van der Waals surface area contributed by atoms with Crippen LogP contribution in [-0.4, -0.2) is 22.0 Å². The molecule has 7 heteroatoms. The Hall–Kier alpha value is -1.73. The molecule has 1 aromatic carbocycles. The molecule has 0 atom stereocenters. The Morgan fingerprint density at radius 2 is 1.80 bits per heavy atom. The second kappa shape index (κ2) is 6.15. The lowest BCUT2D eigenvalue weighted by atomic mass is 10.1. The minimum absolute atomic E-state index is 0.00252. The van der Waals surface area contributed by atoms with Crippen molar-refractivity contribution in [2.75, 3.05) is 5.32 Å². The monoisotopic (exact) mass is 398 g/mol. The number of hydrogen-bond donors (Lipinski definition) is 2. The van der Waals surface area contributed by atoms with E-state index >= 15 is 0 Å². The molecule has 102 valence electrons. The first-order valence-corrected chi connectivity index (χ1v) is 7.03. The van der Waals surface area contributed by atoms with Gasteiger partial charge in [0.05, 0.1) is 11.3 Å². The second-order valence-electron chi connectivity index (χ2n) is 3.77. The first-order chi connectivity index (χ1) is 9.49. The van der Waals surface area contributed by atoms with E-state index in [1.165, 1.54) is 12.1 Å². The van der Waals surface area contributed by atoms with Gasteiger partial charge < -0.3 is 10.4 Å². The van der Waals surface area contributed by atoms with Crippen LogP contribution in [-0.2, 0) is 0 Å². The van der Waals surface area contributed by atoms with Gasteiger partial charge in [-0.3, -0.25) is 4.79 Å². The van der Waals surface area contributed by atoms with Gasteiger partial charge in [-0.2, -0.15) is 0 Å². The average molecular weight is 400 g/mol. The molecule has 0 spiro atoms. The predicted molar refractivity (Wildman–Crippen MR) is 81.0 cm³/mol. The Morgan fingerprint density at radius 1 is 1.10 bits per heavy atom. The summed E-state index contributed by atoms with van der Waals surface area (Å²) in [7, 11) is 0. The third-order valence-electron chi connectivity index (χ3n) is 2.43. The molecule has 20 heavy (non-hydrogen) atoms. The lowest BCUT2D eigenvalue weighted by molar-refractivity contribution is 0.0698. The molecule has 2 aromatic rings. The number of benzene rings is 1. The highest BCUT2D eigenvalue weighted by Gasteiger charge is 2.16. The number of carboxylic acid groups (broad SMARTS) is 1. The number of carbonyl (C=O) groups excluding carboxylic acids is 1. The molecule has 5 nitrogen and oxygen atoms in total. The van der Waals surface area contributed by atoms with Gasteiger partial charge in [0.15, 0.2) is 0 Å². The van der Waals surface area contributed by atoms with Crippen LogP contribution in [0.1, 0.15) is 20.8 Å². The maximum Gasteiger partial charge on any atom is 0.337 e. The molecule has 2 N–H and O–H groups in total. The molecule has 2 rings (SSSR count). The molecule has 0 fully saturated rings. The first-order valence-electron chi connectivity index (χ1n) is 5.45. The molecule has 0 aliphatic heterocycles. The molecule has 0 radical (unpaired) electrons. The number of nitrogens with one attached hydrogen (secondary N) is 1. The zero-order valence-corrected chi connectivity index (χ0v) is 13.1. The zero-order valence-electron chi connectivity index (χ0n) is 9.93. The van der Waals surface area contributed by atoms with Crippen molar-refractivity contribution in [1.29, 1.82) is 0 Å². The van der Waals surface area contributed by atoms with Crippen molar-refractivity contribution >= 4 is 49.4 Å². The van der Waals surface area contributed by atoms with E-state index in [-0.39, 0.29) is 16.9 Å². The largest absolute Gasteiger partial charge is 0.478 e. The lowest BCUT2D eigenvalue weighted by Crippen LogP contribution is -2.16. The number of aromatic carboxylic acids is 1. The molecule has 0 saturated carbocycles. The summed E-state index contributed by atoms with van der Waals surface area (Å²) < 4.78 is 1.01. The molecule has 1 amide bonds. The van der Waals surface area contributed by atoms with Crippen LogP contribution in [0.5, 0.6) is 0 Å². The van der Waals surface area contributed by atoms with E-state index in [1.807, 2.05) is 0 Å². The minimum Gasteiger partial charge on any atom is -0.478 e. The van der Waals surface area contributed by atoms with Crippen LogP contribution in [0.15, 0.2) is 45.5 Å². The summed E-state index contributed by atoms with van der Waals surface area (Å²) in [5, 5.41) is 11.7. The van der Waals surface area contributed by atoms with Crippen LogP contribution in [0.2, 0.25) is 0 Å². The van der Waals surface area contributed by atoms with E-state index in [0.29, 0.717) is 9.08 Å². The molecule has 1 heterocycles. The first kappa shape index (κ1) is 14.7. The van der Waals surface area contributed by atoms with Crippen molar-refractivity contribution in [3.63, 3.8) is 0 Å². The number of aromatic nitrogens is 1. The standard InChI is InChI=1S/C13H8Br2N2O3/c14-8-4-1-3-7(13(19)20)11(8)17-12(18)9-5-2-6-10(15)16-9/h1-6H,(H,17,18)(H,19,20). The van der Waals surface area contributed by atoms with E-state index in [2.05, 4.69) is 42.2 Å². The predicted octanol–water partition coefficient (Wildman–Crippen LogP) is 3.56. The van der Waals surface area contributed by atoms with Gasteiger partial charge in [0.1, 0.15) is 10.3 Å². The number of halogens is 2. The molecule has 0 aliphatic carbocycles. The highest BCUT2D eigenvalue weighted by molar-refractivity contribution is 9.10. The third kappa shape index (κ3) is 3.23. The maximum atomic E-state index is 12.1. The number of amides is 1. The van der Waals surface area contributed by atoms with Gasteiger partial charge in [-0.15, -0.1) is 0 Å². The Morgan fingerprint density at radius 3 is 2.45 bits per heavy atom. The van der Waals surface area contributed by atoms with Gasteiger partial charge in [-0.05, 0) is 56.1 Å². The van der Waals surface area contributed by atoms with Gasteiger partial charge >= 0.3 is 5.97 Å². The zero-order chi connectivity index (χ0) is 14.7. The Balaban J connectivity index is 2.35. The fraction of sp³-hybridized carbons (Fsp3) is 0. The highest BCUT2D eigenvalue weighted by atomic mass is 79.9. The van der Waals surface area contributed by atoms with Crippen molar-refractivity contribution in [1.82, 2.24) is 4.98 Å². The summed E-state index contributed by atoms with van der Waals surface area (Å²) in [4.78, 5) is 27.3. The molecule has 0 unspecified atom stereocenters. The molecular formula is C13H8Br2N2O3. The van der Waals surface area contributed by atoms with E-state index in [0.717, 1.165) is 0 Å². The third-order valence-corrected chi connectivity index (χ3v) is 3.53. The summed E-state index contributed by atoms with van der Waals surface area (Å²) >= 11 is 6.40. The van der Waals surface area contributed by atoms with Crippen LogP contribution >= 0.6 is 31.9 Å². The Labute approximate surface area is 131 Å². The number of carbonyl (C=O) groups is 2. The summed E-state index contributed by atoms with van der Waals surface area (Å²) in [6.45, 7) is 0. The van der Waals surface area contributed by atoms with Gasteiger partial charge in [-0.25, -0.2) is 9.78 Å². The van der Waals surface area contributed by atoms with E-state index < -0.39 is 11.9 Å². The SMILES string of the molecule is O=C(Nc1c(Br)cccc1C(=O)O)c1cccc(Br)n1. The summed E-state index contributed by atoms with van der Waals surface area (Å²) in [5.74, 6) is -1.61. The Bertz CT molecular complexity index is 689. The van der Waals surface area contributed by atoms with Crippen molar-refractivity contribution in [3.05, 3.63) is 56.7 Å². The minimum atomic E-state index is -1.12. The molecule has 0 aliphatic rings. The number of hydrogen-bond acceptors (Lipinski definition) is 3.